The summed E-state index contributed by atoms with van der Waals surface area (Å²) in [6.45, 7) is 2.74. The zero-order valence-electron chi connectivity index (χ0n) is 11.4. The van der Waals surface area contributed by atoms with Crippen molar-refractivity contribution in [2.24, 2.45) is 0 Å². The molecule has 1 amide bonds. The van der Waals surface area contributed by atoms with E-state index in [1.165, 1.54) is 12.1 Å². The Morgan fingerprint density at radius 1 is 1.41 bits per heavy atom. The summed E-state index contributed by atoms with van der Waals surface area (Å²) < 4.78 is 22.2. The zero-order valence-corrected chi connectivity index (χ0v) is 12.9. The molecule has 0 unspecified atom stereocenters. The van der Waals surface area contributed by atoms with Gasteiger partial charge in [0.05, 0.1) is 6.61 Å². The van der Waals surface area contributed by atoms with Crippen LogP contribution >= 0.6 is 23.1 Å². The second-order valence-corrected chi connectivity index (χ2v) is 5.39. The summed E-state index contributed by atoms with van der Waals surface area (Å²) in [5, 5.41) is 3.26. The van der Waals surface area contributed by atoms with Crippen molar-refractivity contribution in [2.75, 3.05) is 6.61 Å². The molecule has 1 aromatic heterocycles. The van der Waals surface area contributed by atoms with Gasteiger partial charge in [-0.1, -0.05) is 30.7 Å². The molecule has 1 aromatic carbocycles. The summed E-state index contributed by atoms with van der Waals surface area (Å²) in [6, 6.07) is 5.90. The number of hydrogen-bond donors (Lipinski definition) is 1. The Hall–Kier alpha value is -0.660. The number of benzene rings is 1. The van der Waals surface area contributed by atoms with Gasteiger partial charge in [0.15, 0.2) is 5.15 Å². The van der Waals surface area contributed by atoms with Crippen molar-refractivity contribution in [2.45, 2.75) is 19.9 Å². The van der Waals surface area contributed by atoms with Gasteiger partial charge >= 0.3 is 29.6 Å². The third kappa shape index (κ3) is 5.21. The van der Waals surface area contributed by atoms with Crippen molar-refractivity contribution in [3.8, 4) is 5.06 Å². The topological polar surface area (TPSA) is 51.2 Å². The van der Waals surface area contributed by atoms with E-state index in [2.05, 4.69) is 9.69 Å². The van der Waals surface area contributed by atoms with Gasteiger partial charge in [-0.05, 0) is 24.1 Å². The molecule has 0 aliphatic rings. The molecule has 1 heterocycles. The molecule has 114 valence electrons. The number of nitrogens with one attached hydrogen (secondary N) is 1. The summed E-state index contributed by atoms with van der Waals surface area (Å²) in [5.41, 5.74) is 1.04. The van der Waals surface area contributed by atoms with Crippen LogP contribution in [0.15, 0.2) is 24.3 Å². The molecule has 0 saturated carbocycles. The number of nitrogens with zero attached hydrogens (tertiary/aromatic N) is 1. The molecule has 0 saturated heterocycles. The maximum absolute atomic E-state index is 12.8. The number of ether oxygens (including phenoxy) is 1. The Morgan fingerprint density at radius 3 is 2.73 bits per heavy atom. The SMILES string of the molecule is CCCOc1snc(Cl)c1C(=O)NCc1ccc(F)cc1.[NaH]. The summed E-state index contributed by atoms with van der Waals surface area (Å²) in [4.78, 5) is 12.2. The molecular formula is C14H15ClFN2NaO2S. The first-order valence-electron chi connectivity index (χ1n) is 6.42. The van der Waals surface area contributed by atoms with Gasteiger partial charge in [-0.25, -0.2) is 4.39 Å². The predicted molar refractivity (Wildman–Crippen MR) is 87.6 cm³/mol. The zero-order chi connectivity index (χ0) is 15.2. The minimum absolute atomic E-state index is 0. The molecular weight excluding hydrogens is 338 g/mol. The number of amides is 1. The Balaban J connectivity index is 0.00000242. The van der Waals surface area contributed by atoms with Crippen LogP contribution in [0.3, 0.4) is 0 Å². The number of aromatic nitrogens is 1. The third-order valence-corrected chi connectivity index (χ3v) is 3.79. The first kappa shape index (κ1) is 19.4. The van der Waals surface area contributed by atoms with Gasteiger partial charge in [0.1, 0.15) is 11.4 Å². The number of rotatable bonds is 6. The number of halogens is 2. The normalized spacial score (nSPS) is 9.95. The van der Waals surface area contributed by atoms with Crippen molar-refractivity contribution in [3.63, 3.8) is 0 Å². The third-order valence-electron chi connectivity index (χ3n) is 2.65. The molecule has 2 aromatic rings. The molecule has 8 heteroatoms. The standard InChI is InChI=1S/C14H14ClFN2O2S.Na.H/c1-2-7-20-14-11(12(15)18-21-14)13(19)17-8-9-3-5-10(16)6-4-9;;/h3-6H,2,7-8H2,1H3,(H,17,19);;. The Labute approximate surface area is 159 Å². The predicted octanol–water partition coefficient (Wildman–Crippen LogP) is 3.01. The van der Waals surface area contributed by atoms with Crippen molar-refractivity contribution >= 4 is 58.6 Å². The van der Waals surface area contributed by atoms with E-state index in [0.29, 0.717) is 11.7 Å². The van der Waals surface area contributed by atoms with Gasteiger partial charge in [-0.15, -0.1) is 0 Å². The van der Waals surface area contributed by atoms with Gasteiger partial charge in [-0.2, -0.15) is 4.37 Å². The summed E-state index contributed by atoms with van der Waals surface area (Å²) in [7, 11) is 0. The second-order valence-electron chi connectivity index (χ2n) is 4.29. The van der Waals surface area contributed by atoms with E-state index in [-0.39, 0.29) is 58.5 Å². The Morgan fingerprint density at radius 2 is 2.09 bits per heavy atom. The van der Waals surface area contributed by atoms with Crippen LogP contribution < -0.4 is 10.1 Å². The molecule has 0 fully saturated rings. The molecule has 2 rings (SSSR count). The Kier molecular flexibility index (Phi) is 8.35. The molecule has 0 spiro atoms. The molecule has 0 atom stereocenters. The van der Waals surface area contributed by atoms with Crippen molar-refractivity contribution in [3.05, 3.63) is 46.4 Å². The second kappa shape index (κ2) is 9.47. The van der Waals surface area contributed by atoms with Crippen molar-refractivity contribution < 1.29 is 13.9 Å². The first-order valence-corrected chi connectivity index (χ1v) is 7.57. The van der Waals surface area contributed by atoms with Crippen molar-refractivity contribution in [1.29, 1.82) is 0 Å². The summed E-state index contributed by atoms with van der Waals surface area (Å²) in [6.07, 6.45) is 0.826. The molecule has 0 bridgehead atoms. The first-order chi connectivity index (χ1) is 10.1. The molecule has 22 heavy (non-hydrogen) atoms. The number of carbonyl (C=O) groups is 1. The number of carbonyl (C=O) groups excluding carboxylic acids is 1. The maximum atomic E-state index is 12.8. The van der Waals surface area contributed by atoms with Gasteiger partial charge in [0.2, 0.25) is 5.06 Å². The Bertz CT molecular complexity index is 622. The minimum atomic E-state index is -0.357. The molecule has 0 radical (unpaired) electrons. The van der Waals surface area contributed by atoms with Crippen LogP contribution in [-0.2, 0) is 6.54 Å². The van der Waals surface area contributed by atoms with Crippen molar-refractivity contribution in [1.82, 2.24) is 9.69 Å². The average Bonchev–Trinajstić information content (AvgIpc) is 2.85. The van der Waals surface area contributed by atoms with E-state index in [1.807, 2.05) is 6.92 Å². The summed E-state index contributed by atoms with van der Waals surface area (Å²) >= 11 is 6.98. The molecule has 4 nitrogen and oxygen atoms in total. The number of hydrogen-bond acceptors (Lipinski definition) is 4. The molecule has 0 aliphatic carbocycles. The fourth-order valence-electron chi connectivity index (χ4n) is 1.61. The van der Waals surface area contributed by atoms with Crippen LogP contribution in [0.1, 0.15) is 29.3 Å². The van der Waals surface area contributed by atoms with E-state index in [4.69, 9.17) is 16.3 Å². The van der Waals surface area contributed by atoms with Gasteiger partial charge in [0.25, 0.3) is 5.91 Å². The van der Waals surface area contributed by atoms with Crippen LogP contribution in [0, 0.1) is 5.82 Å². The molecule has 0 aliphatic heterocycles. The van der Waals surface area contributed by atoms with Crippen LogP contribution in [0.4, 0.5) is 4.39 Å². The summed E-state index contributed by atoms with van der Waals surface area (Å²) in [5.74, 6) is -0.672. The van der Waals surface area contributed by atoms with E-state index in [0.717, 1.165) is 23.5 Å². The van der Waals surface area contributed by atoms with Crippen LogP contribution in [0.2, 0.25) is 5.15 Å². The monoisotopic (exact) mass is 352 g/mol. The molecule has 1 N–H and O–H groups in total. The van der Waals surface area contributed by atoms with E-state index < -0.39 is 0 Å². The van der Waals surface area contributed by atoms with E-state index in [9.17, 15) is 9.18 Å². The fraction of sp³-hybridized carbons (Fsp3) is 0.286. The van der Waals surface area contributed by atoms with Gasteiger partial charge in [-0.3, -0.25) is 4.79 Å². The van der Waals surface area contributed by atoms with E-state index >= 15 is 0 Å². The van der Waals surface area contributed by atoms with Gasteiger partial charge < -0.3 is 10.1 Å². The average molecular weight is 353 g/mol. The van der Waals surface area contributed by atoms with Crippen LogP contribution in [0.25, 0.3) is 0 Å². The van der Waals surface area contributed by atoms with E-state index in [1.54, 1.807) is 12.1 Å². The fourth-order valence-corrected chi connectivity index (χ4v) is 2.61. The van der Waals surface area contributed by atoms with Gasteiger partial charge in [0, 0.05) is 18.1 Å². The van der Waals surface area contributed by atoms with Crippen LogP contribution in [0.5, 0.6) is 5.06 Å². The van der Waals surface area contributed by atoms with Crippen LogP contribution in [-0.4, -0.2) is 46.4 Å². The quantitative estimate of drug-likeness (QED) is 0.813.